The van der Waals surface area contributed by atoms with E-state index in [1.165, 1.54) is 32.4 Å². The highest BCUT2D eigenvalue weighted by molar-refractivity contribution is 5.96. The van der Waals surface area contributed by atoms with E-state index in [1.54, 1.807) is 0 Å². The molecule has 0 unspecified atom stereocenters. The van der Waals surface area contributed by atoms with E-state index >= 15 is 0 Å². The molecule has 0 spiro atoms. The van der Waals surface area contributed by atoms with Crippen molar-refractivity contribution in [2.24, 2.45) is 0 Å². The van der Waals surface area contributed by atoms with E-state index < -0.39 is 0 Å². The van der Waals surface area contributed by atoms with Gasteiger partial charge in [-0.25, -0.2) is 0 Å². The highest BCUT2D eigenvalue weighted by Gasteiger charge is 2.15. The maximum atomic E-state index is 10.2. The summed E-state index contributed by atoms with van der Waals surface area (Å²) in [7, 11) is 0. The number of benzene rings is 1. The van der Waals surface area contributed by atoms with Gasteiger partial charge in [0.2, 0.25) is 5.88 Å². The van der Waals surface area contributed by atoms with Crippen LogP contribution in [0.15, 0.2) is 36.7 Å². The molecular formula is C18H22N4O. The first-order valence-electron chi connectivity index (χ1n) is 8.36. The zero-order chi connectivity index (χ0) is 15.6. The number of nitrogens with one attached hydrogen (secondary N) is 1. The van der Waals surface area contributed by atoms with Crippen molar-refractivity contribution in [1.82, 2.24) is 19.7 Å². The molecular weight excluding hydrogens is 288 g/mol. The first-order chi connectivity index (χ1) is 11.3. The van der Waals surface area contributed by atoms with Crippen LogP contribution in [0.3, 0.4) is 0 Å². The maximum Gasteiger partial charge on any atom is 0.238 e. The van der Waals surface area contributed by atoms with E-state index in [9.17, 15) is 5.11 Å². The van der Waals surface area contributed by atoms with Crippen LogP contribution in [0.1, 0.15) is 19.3 Å². The van der Waals surface area contributed by atoms with Crippen LogP contribution in [0.2, 0.25) is 0 Å². The maximum absolute atomic E-state index is 10.2. The Morgan fingerprint density at radius 3 is 2.74 bits per heavy atom. The molecule has 0 atom stereocenters. The number of aromatic nitrogens is 3. The van der Waals surface area contributed by atoms with Crippen molar-refractivity contribution in [2.75, 3.05) is 19.6 Å². The number of likely N-dealkylation sites (tertiary alicyclic amines) is 1. The highest BCUT2D eigenvalue weighted by Crippen LogP contribution is 2.33. The van der Waals surface area contributed by atoms with Gasteiger partial charge in [0.05, 0.1) is 12.1 Å². The molecule has 1 aliphatic rings. The topological polar surface area (TPSA) is 57.1 Å². The summed E-state index contributed by atoms with van der Waals surface area (Å²) in [6, 6.07) is 8.12. The van der Waals surface area contributed by atoms with Gasteiger partial charge in [-0.15, -0.1) is 5.10 Å². The fourth-order valence-corrected chi connectivity index (χ4v) is 3.44. The molecule has 2 aromatic heterocycles. The van der Waals surface area contributed by atoms with Gasteiger partial charge in [-0.05, 0) is 32.0 Å². The van der Waals surface area contributed by atoms with Crippen molar-refractivity contribution in [1.29, 1.82) is 0 Å². The lowest BCUT2D eigenvalue weighted by Gasteiger charge is -2.26. The van der Waals surface area contributed by atoms with Crippen LogP contribution in [-0.2, 0) is 6.54 Å². The summed E-state index contributed by atoms with van der Waals surface area (Å²) < 4.78 is 1.86. The minimum absolute atomic E-state index is 0.105. The number of aromatic amines is 1. The average Bonchev–Trinajstić information content (AvgIpc) is 3.17. The van der Waals surface area contributed by atoms with E-state index in [0.717, 1.165) is 35.1 Å². The van der Waals surface area contributed by atoms with Crippen molar-refractivity contribution < 1.29 is 5.11 Å². The molecule has 2 N–H and O–H groups in total. The van der Waals surface area contributed by atoms with Crippen LogP contribution >= 0.6 is 0 Å². The first-order valence-corrected chi connectivity index (χ1v) is 8.36. The molecule has 0 radical (unpaired) electrons. The first kappa shape index (κ1) is 14.3. The van der Waals surface area contributed by atoms with Gasteiger partial charge in [0.15, 0.2) is 0 Å². The molecule has 0 saturated carbocycles. The number of fused-ring (bicyclic) bond motifs is 1. The Morgan fingerprint density at radius 1 is 1.04 bits per heavy atom. The van der Waals surface area contributed by atoms with Gasteiger partial charge in [-0.3, -0.25) is 4.68 Å². The standard InChI is InChI=1S/C18H22N4O/c23-18-16(15-12-19-17-7-3-2-6-14(15)17)13-22(20-18)11-10-21-8-4-1-5-9-21/h2-3,6-7,12-13,19H,1,4-5,8-11H2,(H,20,23). The molecule has 0 bridgehead atoms. The van der Waals surface area contributed by atoms with Crippen LogP contribution in [0.4, 0.5) is 0 Å². The summed E-state index contributed by atoms with van der Waals surface area (Å²) in [5, 5.41) is 15.6. The smallest absolute Gasteiger partial charge is 0.238 e. The predicted molar refractivity (Wildman–Crippen MR) is 91.5 cm³/mol. The largest absolute Gasteiger partial charge is 0.492 e. The van der Waals surface area contributed by atoms with Crippen LogP contribution in [-0.4, -0.2) is 44.4 Å². The Bertz CT molecular complexity index is 798. The van der Waals surface area contributed by atoms with Gasteiger partial charge in [0.1, 0.15) is 0 Å². The molecule has 0 aliphatic carbocycles. The van der Waals surface area contributed by atoms with Gasteiger partial charge in [-0.2, -0.15) is 0 Å². The van der Waals surface area contributed by atoms with E-state index in [4.69, 9.17) is 0 Å². The van der Waals surface area contributed by atoms with Crippen LogP contribution in [0.25, 0.3) is 22.0 Å². The molecule has 0 amide bonds. The van der Waals surface area contributed by atoms with Gasteiger partial charge in [-0.1, -0.05) is 24.6 Å². The third-order valence-corrected chi connectivity index (χ3v) is 4.72. The lowest BCUT2D eigenvalue weighted by Crippen LogP contribution is -2.32. The van der Waals surface area contributed by atoms with E-state index in [-0.39, 0.29) is 5.88 Å². The molecule has 4 rings (SSSR count). The van der Waals surface area contributed by atoms with Crippen LogP contribution < -0.4 is 0 Å². The lowest BCUT2D eigenvalue weighted by molar-refractivity contribution is 0.217. The normalized spacial score (nSPS) is 16.2. The second-order valence-electron chi connectivity index (χ2n) is 6.28. The predicted octanol–water partition coefficient (Wildman–Crippen LogP) is 3.22. The molecule has 1 aromatic carbocycles. The Hall–Kier alpha value is -2.27. The molecule has 23 heavy (non-hydrogen) atoms. The SMILES string of the molecule is Oc1nn(CCN2CCCCC2)cc1-c1c[nH]c2ccccc12. The Morgan fingerprint density at radius 2 is 1.87 bits per heavy atom. The minimum Gasteiger partial charge on any atom is -0.492 e. The number of piperidine rings is 1. The quantitative estimate of drug-likeness (QED) is 0.778. The molecule has 1 aliphatic heterocycles. The average molecular weight is 310 g/mol. The molecule has 3 heterocycles. The van der Waals surface area contributed by atoms with Crippen molar-refractivity contribution in [2.45, 2.75) is 25.8 Å². The number of hydrogen-bond donors (Lipinski definition) is 2. The third-order valence-electron chi connectivity index (χ3n) is 4.72. The number of aromatic hydroxyl groups is 1. The fraction of sp³-hybridized carbons (Fsp3) is 0.389. The van der Waals surface area contributed by atoms with E-state index in [2.05, 4.69) is 21.0 Å². The Kier molecular flexibility index (Phi) is 3.79. The van der Waals surface area contributed by atoms with Crippen molar-refractivity contribution >= 4 is 10.9 Å². The minimum atomic E-state index is 0.105. The summed E-state index contributed by atoms with van der Waals surface area (Å²) in [6.07, 6.45) is 7.84. The van der Waals surface area contributed by atoms with Crippen LogP contribution in [0.5, 0.6) is 5.88 Å². The number of hydrogen-bond acceptors (Lipinski definition) is 3. The fourth-order valence-electron chi connectivity index (χ4n) is 3.44. The Labute approximate surface area is 135 Å². The molecule has 1 saturated heterocycles. The van der Waals surface area contributed by atoms with E-state index in [1.807, 2.05) is 35.3 Å². The van der Waals surface area contributed by atoms with Crippen molar-refractivity contribution in [3.63, 3.8) is 0 Å². The summed E-state index contributed by atoms with van der Waals surface area (Å²) in [4.78, 5) is 5.73. The molecule has 3 aromatic rings. The zero-order valence-electron chi connectivity index (χ0n) is 13.2. The lowest BCUT2D eigenvalue weighted by atomic mass is 10.1. The number of H-pyrrole nitrogens is 1. The van der Waals surface area contributed by atoms with Crippen LogP contribution in [0, 0.1) is 0 Å². The van der Waals surface area contributed by atoms with Crippen molar-refractivity contribution in [3.8, 4) is 17.0 Å². The van der Waals surface area contributed by atoms with Gasteiger partial charge in [0, 0.05) is 35.4 Å². The van der Waals surface area contributed by atoms with Gasteiger partial charge < -0.3 is 15.0 Å². The number of para-hydroxylation sites is 1. The third kappa shape index (κ3) is 2.84. The highest BCUT2D eigenvalue weighted by atomic mass is 16.3. The number of nitrogens with zero attached hydrogens (tertiary/aromatic N) is 3. The number of rotatable bonds is 4. The molecule has 1 fully saturated rings. The summed E-state index contributed by atoms with van der Waals surface area (Å²) >= 11 is 0. The van der Waals surface area contributed by atoms with Gasteiger partial charge >= 0.3 is 0 Å². The van der Waals surface area contributed by atoms with Crippen molar-refractivity contribution in [3.05, 3.63) is 36.7 Å². The second-order valence-corrected chi connectivity index (χ2v) is 6.28. The van der Waals surface area contributed by atoms with E-state index in [0.29, 0.717) is 0 Å². The van der Waals surface area contributed by atoms with Gasteiger partial charge in [0.25, 0.3) is 0 Å². The summed E-state index contributed by atoms with van der Waals surface area (Å²) in [5.41, 5.74) is 2.87. The monoisotopic (exact) mass is 310 g/mol. The second kappa shape index (κ2) is 6.08. The summed E-state index contributed by atoms with van der Waals surface area (Å²) in [6.45, 7) is 4.18. The molecule has 5 nitrogen and oxygen atoms in total. The molecule has 120 valence electrons. The zero-order valence-corrected chi connectivity index (χ0v) is 13.2. The molecule has 5 heteroatoms. The Balaban J connectivity index is 1.55. The summed E-state index contributed by atoms with van der Waals surface area (Å²) in [5.74, 6) is 0.105.